The number of aromatic nitrogens is 5. The van der Waals surface area contributed by atoms with E-state index in [1.165, 1.54) is 0 Å². The first kappa shape index (κ1) is 12.6. The molecule has 2 aromatic heterocycles. The van der Waals surface area contributed by atoms with E-state index in [2.05, 4.69) is 21.3 Å². The molecule has 0 saturated heterocycles. The van der Waals surface area contributed by atoms with Gasteiger partial charge in [-0.2, -0.15) is 5.26 Å². The van der Waals surface area contributed by atoms with Crippen LogP contribution in [0.1, 0.15) is 24.4 Å². The molecule has 3 aromatic rings. The van der Waals surface area contributed by atoms with Gasteiger partial charge in [0.2, 0.25) is 0 Å². The maximum Gasteiger partial charge on any atom is 0.178 e. The van der Waals surface area contributed by atoms with Crippen molar-refractivity contribution in [2.45, 2.75) is 13.0 Å². The maximum absolute atomic E-state index is 9.04. The molecule has 0 aliphatic carbocycles. The number of hydrogen-bond acceptors (Lipinski definition) is 4. The van der Waals surface area contributed by atoms with E-state index in [9.17, 15) is 0 Å². The lowest BCUT2D eigenvalue weighted by Gasteiger charge is -2.13. The lowest BCUT2D eigenvalue weighted by Crippen LogP contribution is -2.12. The summed E-state index contributed by atoms with van der Waals surface area (Å²) in [5.74, 6) is 0.810. The van der Waals surface area contributed by atoms with Gasteiger partial charge in [0.1, 0.15) is 6.33 Å². The minimum absolute atomic E-state index is 0.0716. The molecule has 1 unspecified atom stereocenters. The van der Waals surface area contributed by atoms with E-state index in [0.29, 0.717) is 10.3 Å². The van der Waals surface area contributed by atoms with Gasteiger partial charge in [-0.15, -0.1) is 10.2 Å². The molecule has 3 rings (SSSR count). The van der Waals surface area contributed by atoms with Gasteiger partial charge in [0.25, 0.3) is 0 Å². The average Bonchev–Trinajstić information content (AvgIpc) is 2.99. The first-order valence-corrected chi connectivity index (χ1v) is 6.51. The number of fused-ring (bicyclic) bond motifs is 1. The highest BCUT2D eigenvalue weighted by Gasteiger charge is 2.17. The first-order chi connectivity index (χ1) is 9.61. The highest BCUT2D eigenvalue weighted by molar-refractivity contribution is 7.71. The van der Waals surface area contributed by atoms with Crippen molar-refractivity contribution in [1.29, 1.82) is 5.26 Å². The second-order valence-electron chi connectivity index (χ2n) is 4.62. The summed E-state index contributed by atoms with van der Waals surface area (Å²) in [6.07, 6.45) is 1.66. The Labute approximate surface area is 120 Å². The standard InChI is InChI=1S/C13H12N6S/c1-8(12-17-15-7-18(12)2)19-11-5-9(6-14)3-4-10(11)16-13(19)20/h3-5,7-8H,1-2H3,(H,16,20). The Morgan fingerprint density at radius 3 is 2.90 bits per heavy atom. The number of H-pyrrole nitrogens is 1. The number of nitrogens with one attached hydrogen (secondary N) is 1. The van der Waals surface area contributed by atoms with Gasteiger partial charge in [-0.05, 0) is 37.3 Å². The minimum atomic E-state index is -0.0716. The molecule has 1 aromatic carbocycles. The molecule has 100 valence electrons. The molecule has 2 heterocycles. The maximum atomic E-state index is 9.04. The lowest BCUT2D eigenvalue weighted by atomic mass is 10.2. The van der Waals surface area contributed by atoms with E-state index in [1.807, 2.05) is 35.2 Å². The molecule has 1 N–H and O–H groups in total. The van der Waals surface area contributed by atoms with Crippen molar-refractivity contribution in [2.24, 2.45) is 7.05 Å². The van der Waals surface area contributed by atoms with Crippen LogP contribution in [0.5, 0.6) is 0 Å². The molecule has 7 heteroatoms. The largest absolute Gasteiger partial charge is 0.331 e. The molecule has 0 aliphatic rings. The fourth-order valence-corrected chi connectivity index (χ4v) is 2.73. The number of aryl methyl sites for hydroxylation is 1. The summed E-state index contributed by atoms with van der Waals surface area (Å²) in [5, 5.41) is 17.1. The van der Waals surface area contributed by atoms with E-state index < -0.39 is 0 Å². The van der Waals surface area contributed by atoms with Gasteiger partial charge >= 0.3 is 0 Å². The van der Waals surface area contributed by atoms with E-state index in [1.54, 1.807) is 12.4 Å². The molecule has 0 aliphatic heterocycles. The molecule has 20 heavy (non-hydrogen) atoms. The van der Waals surface area contributed by atoms with Crippen molar-refractivity contribution in [1.82, 2.24) is 24.3 Å². The van der Waals surface area contributed by atoms with E-state index in [4.69, 9.17) is 17.5 Å². The molecular formula is C13H12N6S. The number of rotatable bonds is 2. The second-order valence-corrected chi connectivity index (χ2v) is 5.01. The van der Waals surface area contributed by atoms with E-state index in [-0.39, 0.29) is 6.04 Å². The smallest absolute Gasteiger partial charge is 0.178 e. The van der Waals surface area contributed by atoms with Gasteiger partial charge in [0, 0.05) is 7.05 Å². The topological polar surface area (TPSA) is 75.2 Å². The summed E-state index contributed by atoms with van der Waals surface area (Å²) < 4.78 is 4.42. The van der Waals surface area contributed by atoms with Crippen LogP contribution < -0.4 is 0 Å². The number of nitriles is 1. The molecular weight excluding hydrogens is 272 g/mol. The predicted molar refractivity (Wildman–Crippen MR) is 76.7 cm³/mol. The lowest BCUT2D eigenvalue weighted by molar-refractivity contribution is 0.581. The van der Waals surface area contributed by atoms with Gasteiger partial charge in [-0.1, -0.05) is 0 Å². The van der Waals surface area contributed by atoms with Crippen LogP contribution in [-0.2, 0) is 7.05 Å². The van der Waals surface area contributed by atoms with Gasteiger partial charge in [0.05, 0.1) is 28.7 Å². The van der Waals surface area contributed by atoms with Crippen LogP contribution in [0.25, 0.3) is 11.0 Å². The van der Waals surface area contributed by atoms with Crippen molar-refractivity contribution in [2.75, 3.05) is 0 Å². The zero-order valence-corrected chi connectivity index (χ0v) is 11.8. The quantitative estimate of drug-likeness (QED) is 0.733. The zero-order chi connectivity index (χ0) is 14.3. The fraction of sp³-hybridized carbons (Fsp3) is 0.231. The molecule has 0 fully saturated rings. The van der Waals surface area contributed by atoms with Gasteiger partial charge in [0.15, 0.2) is 10.6 Å². The summed E-state index contributed by atoms with van der Waals surface area (Å²) in [6.45, 7) is 2.01. The molecule has 0 spiro atoms. The Morgan fingerprint density at radius 2 is 2.25 bits per heavy atom. The Balaban J connectivity index is 2.25. The molecule has 0 amide bonds. The minimum Gasteiger partial charge on any atom is -0.331 e. The number of benzene rings is 1. The van der Waals surface area contributed by atoms with Crippen LogP contribution in [0.15, 0.2) is 24.5 Å². The highest BCUT2D eigenvalue weighted by atomic mass is 32.1. The third kappa shape index (κ3) is 1.82. The Hall–Kier alpha value is -2.46. The Bertz CT molecular complexity index is 878. The fourth-order valence-electron chi connectivity index (χ4n) is 2.36. The first-order valence-electron chi connectivity index (χ1n) is 6.10. The Morgan fingerprint density at radius 1 is 1.45 bits per heavy atom. The molecule has 0 bridgehead atoms. The summed E-state index contributed by atoms with van der Waals surface area (Å²) in [7, 11) is 1.89. The molecule has 0 saturated carbocycles. The highest BCUT2D eigenvalue weighted by Crippen LogP contribution is 2.23. The summed E-state index contributed by atoms with van der Waals surface area (Å²) >= 11 is 5.39. The third-order valence-electron chi connectivity index (χ3n) is 3.35. The van der Waals surface area contributed by atoms with E-state index >= 15 is 0 Å². The summed E-state index contributed by atoms with van der Waals surface area (Å²) in [4.78, 5) is 3.15. The number of hydrogen-bond donors (Lipinski definition) is 1. The number of imidazole rings is 1. The zero-order valence-electron chi connectivity index (χ0n) is 11.0. The number of nitrogens with zero attached hydrogens (tertiary/aromatic N) is 5. The van der Waals surface area contributed by atoms with Crippen molar-refractivity contribution in [3.05, 3.63) is 40.7 Å². The SMILES string of the molecule is CC(c1nncn1C)n1c(=S)[nH]c2ccc(C#N)cc21. The average molecular weight is 284 g/mol. The third-order valence-corrected chi connectivity index (χ3v) is 3.65. The molecule has 0 radical (unpaired) electrons. The molecule has 1 atom stereocenters. The van der Waals surface area contributed by atoms with Gasteiger partial charge in [-0.3, -0.25) is 0 Å². The normalized spacial score (nSPS) is 12.4. The van der Waals surface area contributed by atoms with Crippen LogP contribution in [0, 0.1) is 16.1 Å². The monoisotopic (exact) mass is 284 g/mol. The Kier molecular flexibility index (Phi) is 2.88. The van der Waals surface area contributed by atoms with Gasteiger partial charge in [-0.25, -0.2) is 0 Å². The van der Waals surface area contributed by atoms with Crippen LogP contribution in [0.4, 0.5) is 0 Å². The number of aromatic amines is 1. The van der Waals surface area contributed by atoms with Crippen molar-refractivity contribution < 1.29 is 0 Å². The molecule has 6 nitrogen and oxygen atoms in total. The predicted octanol–water partition coefficient (Wildman–Crippen LogP) is 2.31. The van der Waals surface area contributed by atoms with Gasteiger partial charge < -0.3 is 14.1 Å². The van der Waals surface area contributed by atoms with Crippen LogP contribution in [0.3, 0.4) is 0 Å². The van der Waals surface area contributed by atoms with E-state index in [0.717, 1.165) is 16.9 Å². The summed E-state index contributed by atoms with van der Waals surface area (Å²) in [5.41, 5.74) is 2.40. The second kappa shape index (κ2) is 4.58. The van der Waals surface area contributed by atoms with Crippen LogP contribution in [0.2, 0.25) is 0 Å². The van der Waals surface area contributed by atoms with Crippen molar-refractivity contribution in [3.63, 3.8) is 0 Å². The van der Waals surface area contributed by atoms with Crippen molar-refractivity contribution >= 4 is 23.3 Å². The van der Waals surface area contributed by atoms with Crippen molar-refractivity contribution in [3.8, 4) is 6.07 Å². The van der Waals surface area contributed by atoms with Crippen LogP contribution >= 0.6 is 12.2 Å². The summed E-state index contributed by atoms with van der Waals surface area (Å²) in [6, 6.07) is 7.54. The van der Waals surface area contributed by atoms with Crippen LogP contribution in [-0.4, -0.2) is 24.3 Å².